The van der Waals surface area contributed by atoms with Crippen LogP contribution in [-0.2, 0) is 28.7 Å². The molecule has 11 aromatic rings. The summed E-state index contributed by atoms with van der Waals surface area (Å²) in [5, 5.41) is 60.2. The lowest BCUT2D eigenvalue weighted by Gasteiger charge is -2.31. The predicted molar refractivity (Wildman–Crippen MR) is 468 cm³/mol. The Balaban J connectivity index is 0.000000236. The van der Waals surface area contributed by atoms with Crippen molar-refractivity contribution in [1.82, 2.24) is 50.5 Å². The first kappa shape index (κ1) is 96.9. The molecule has 2 atom stereocenters. The molecule has 12 rings (SSSR count). The molecule has 4 aromatic heterocycles. The van der Waals surface area contributed by atoms with Crippen LogP contribution in [0, 0.1) is 0 Å². The Labute approximate surface area is 720 Å². The number of anilines is 8. The van der Waals surface area contributed by atoms with Crippen LogP contribution in [0.1, 0.15) is 138 Å². The number of carbonyl (C=O) groups excluding carboxylic acids is 7. The van der Waals surface area contributed by atoms with Gasteiger partial charge < -0.3 is 94.9 Å². The fraction of sp³-hybridized carbons (Fsp3) is 0.216. The standard InChI is InChI=1S/C29H40N6O9.C25H20N4O3.C19H16N4O3.C13H12N4O3.CO2.CH4/c1-4-21(29(41)42)31-27(38)23-25(35-12-16-44-17-13-35)32-22(24(33-23)34(10-5-14-36)11-15-43-3)19-6-8-20(9-7-19)26(37)30-18(2)28(39)40;1-14(30)15-2-4-16(5-3-15)22-21(17-10-12-20(26)13-11-17)28-23(24(27)29-22)18-6-8-19(9-7-18)25(31)32;1-10(24)11-2-4-12(5-3-11)15-17(20)23-16(18(21)22-15)13-6-8-14(9-7-13)19(25)26;1-6(18)9-11(14)17-10(12(15)16-9)7-2-4-8(5-3-7)13(19)20;2-1-3;/h6-9,18,21,36H,4-5,10-17H2,1-3H3,(H,30,37)(H,31,38)(H,39,40)(H,41,42);2-13H,26H2,1H3,(H2,27,29)(H,31,32);2-9H,1H3,(H2,20,23)(H2,21,22)(H,25,26);2-5H,1H3,(H2,14,17)(H2,15,16)(H,19,20);;1H4/t18-,21-;;;;;/m1...../s1. The van der Waals surface area contributed by atoms with Crippen molar-refractivity contribution >= 4 is 112 Å². The first-order valence-corrected chi connectivity index (χ1v) is 38.0. The highest BCUT2D eigenvalue weighted by molar-refractivity contribution is 6.02. The smallest absolute Gasteiger partial charge is 0.373 e. The van der Waals surface area contributed by atoms with Crippen LogP contribution >= 0.6 is 0 Å². The number of ether oxygens (including phenoxy) is 2. The van der Waals surface area contributed by atoms with Crippen molar-refractivity contribution in [2.24, 2.45) is 0 Å². The number of carbonyl (C=O) groups is 10. The van der Waals surface area contributed by atoms with Crippen LogP contribution in [0.2, 0.25) is 0 Å². The van der Waals surface area contributed by atoms with Gasteiger partial charge in [-0.3, -0.25) is 28.8 Å². The number of hydrogen-bond donors (Lipinski definition) is 14. The number of aromatic carboxylic acids is 3. The zero-order chi connectivity index (χ0) is 91.5. The normalized spacial score (nSPS) is 11.6. The minimum absolute atomic E-state index is 0. The highest BCUT2D eigenvalue weighted by Crippen LogP contribution is 2.38. The predicted octanol–water partition coefficient (Wildman–Crippen LogP) is 9.29. The largest absolute Gasteiger partial charge is 0.480 e. The molecule has 0 aliphatic carbocycles. The fourth-order valence-corrected chi connectivity index (χ4v) is 12.0. The number of nitrogens with two attached hydrogens (primary N) is 6. The monoisotopic (exact) mass is 1720 g/mol. The van der Waals surface area contributed by atoms with E-state index in [0.717, 1.165) is 11.1 Å². The maximum absolute atomic E-state index is 13.6. The number of aromatic nitrogens is 8. The summed E-state index contributed by atoms with van der Waals surface area (Å²) in [4.78, 5) is 172. The number of aliphatic hydroxyl groups is 1. The molecule has 7 aromatic carbocycles. The molecule has 38 nitrogen and oxygen atoms in total. The number of amides is 2. The highest BCUT2D eigenvalue weighted by atomic mass is 16.5. The minimum atomic E-state index is -1.18. The number of methoxy groups -OCH3 is 1. The Morgan fingerprint density at radius 2 is 0.802 bits per heavy atom. The van der Waals surface area contributed by atoms with Crippen molar-refractivity contribution in [3.05, 3.63) is 215 Å². The summed E-state index contributed by atoms with van der Waals surface area (Å²) in [5.41, 5.74) is 45.8. The number of nitrogen functional groups attached to an aromatic ring is 6. The van der Waals surface area contributed by atoms with Crippen molar-refractivity contribution in [3.63, 3.8) is 0 Å². The van der Waals surface area contributed by atoms with Crippen LogP contribution in [0.3, 0.4) is 0 Å². The third kappa shape index (κ3) is 25.5. The zero-order valence-corrected chi connectivity index (χ0v) is 68.2. The number of benzene rings is 7. The van der Waals surface area contributed by atoms with E-state index in [1.54, 1.807) is 111 Å². The number of aliphatic hydroxyl groups excluding tert-OH is 1. The van der Waals surface area contributed by atoms with Gasteiger partial charge in [0.15, 0.2) is 69.5 Å². The summed E-state index contributed by atoms with van der Waals surface area (Å²) in [6.07, 6.45) is 0.795. The quantitative estimate of drug-likeness (QED) is 0.0160. The maximum Gasteiger partial charge on any atom is 0.373 e. The van der Waals surface area contributed by atoms with Gasteiger partial charge in [0.25, 0.3) is 11.8 Å². The number of aliphatic carboxylic acids is 2. The Morgan fingerprint density at radius 1 is 0.444 bits per heavy atom. The summed E-state index contributed by atoms with van der Waals surface area (Å²) < 4.78 is 10.8. The Hall–Kier alpha value is -16.2. The number of ketones is 3. The molecule has 5 heterocycles. The zero-order valence-electron chi connectivity index (χ0n) is 68.2. The average Bonchev–Trinajstić information content (AvgIpc) is 0.770. The van der Waals surface area contributed by atoms with Crippen LogP contribution in [-0.4, -0.2) is 207 Å². The number of carboxylic acids is 5. The van der Waals surface area contributed by atoms with Gasteiger partial charge in [0, 0.05) is 108 Å². The van der Waals surface area contributed by atoms with Crippen molar-refractivity contribution in [1.29, 1.82) is 0 Å². The Bertz CT molecular complexity index is 5710. The van der Waals surface area contributed by atoms with Crippen LogP contribution < -0.4 is 54.8 Å². The molecule has 654 valence electrons. The van der Waals surface area contributed by atoms with Crippen LogP contribution in [0.4, 0.5) is 46.4 Å². The second-order valence-electron chi connectivity index (χ2n) is 27.3. The van der Waals surface area contributed by atoms with Gasteiger partial charge in [0.2, 0.25) is 0 Å². The third-order valence-electron chi connectivity index (χ3n) is 18.7. The molecule has 2 amide bonds. The molecule has 1 aliphatic rings. The van der Waals surface area contributed by atoms with E-state index in [2.05, 4.69) is 35.6 Å². The van der Waals surface area contributed by atoms with E-state index >= 15 is 0 Å². The van der Waals surface area contributed by atoms with Gasteiger partial charge in [-0.2, -0.15) is 9.59 Å². The number of morpholine rings is 1. The van der Waals surface area contributed by atoms with Crippen LogP contribution in [0.5, 0.6) is 0 Å². The van der Waals surface area contributed by atoms with E-state index in [-0.39, 0.29) is 113 Å². The molecule has 20 N–H and O–H groups in total. The molecule has 1 saturated heterocycles. The van der Waals surface area contributed by atoms with Crippen molar-refractivity contribution in [2.75, 3.05) is 104 Å². The summed E-state index contributed by atoms with van der Waals surface area (Å²) >= 11 is 0. The molecule has 0 unspecified atom stereocenters. The first-order valence-electron chi connectivity index (χ1n) is 38.0. The van der Waals surface area contributed by atoms with Crippen molar-refractivity contribution in [2.45, 2.75) is 67.0 Å². The number of rotatable bonds is 28. The molecule has 38 heteroatoms. The van der Waals surface area contributed by atoms with E-state index in [1.807, 2.05) is 34.1 Å². The number of carboxylic acid groups (broad SMARTS) is 5. The first-order chi connectivity index (χ1) is 59.6. The van der Waals surface area contributed by atoms with Crippen LogP contribution in [0.25, 0.3) is 78.8 Å². The van der Waals surface area contributed by atoms with Crippen LogP contribution in [0.15, 0.2) is 170 Å². The second kappa shape index (κ2) is 45.5. The van der Waals surface area contributed by atoms with Crippen molar-refractivity contribution < 1.29 is 97.6 Å². The second-order valence-corrected chi connectivity index (χ2v) is 27.3. The molecule has 0 bridgehead atoms. The molecule has 0 saturated carbocycles. The van der Waals surface area contributed by atoms with E-state index in [0.29, 0.717) is 143 Å². The van der Waals surface area contributed by atoms with E-state index in [9.17, 15) is 58.2 Å². The molecular formula is C88H92N18O20. The molecule has 0 radical (unpaired) electrons. The fourth-order valence-electron chi connectivity index (χ4n) is 12.0. The lowest BCUT2D eigenvalue weighted by atomic mass is 10.0. The topological polar surface area (TPSA) is 634 Å². The summed E-state index contributed by atoms with van der Waals surface area (Å²) in [5.74, 6) is -5.87. The highest BCUT2D eigenvalue weighted by Gasteiger charge is 2.31. The summed E-state index contributed by atoms with van der Waals surface area (Å²) in [6, 6.07) is 43.7. The van der Waals surface area contributed by atoms with Gasteiger partial charge in [-0.25, -0.2) is 59.0 Å². The Morgan fingerprint density at radius 3 is 1.17 bits per heavy atom. The lowest BCUT2D eigenvalue weighted by Crippen LogP contribution is -2.43. The molecule has 1 aliphatic heterocycles. The SMILES string of the molecule is C.CC(=O)c1ccc(-c2nc(N)c(-c3ccc(C(=O)O)cc3)nc2-c2ccc(N)cc2)cc1.CC(=O)c1ccc(-c2nc(N)c(-c3ccc(C(=O)O)cc3)nc2N)cc1.CC(=O)c1nc(N)c(-c2ccc(C(=O)O)cc2)nc1N.CC[C@@H](NC(=O)c1nc(N(CCCO)CCOC)c(-c2ccc(C(=O)N[C@H](C)C(=O)O)cc2)nc1N1CCOCC1)C(=O)O.O=C=O. The lowest BCUT2D eigenvalue weighted by molar-refractivity contribution is -0.191. The van der Waals surface area contributed by atoms with E-state index < -0.39 is 53.7 Å². The molecule has 1 fully saturated rings. The summed E-state index contributed by atoms with van der Waals surface area (Å²) in [6.45, 7) is 9.85. The van der Waals surface area contributed by atoms with Gasteiger partial charge >= 0.3 is 36.0 Å². The summed E-state index contributed by atoms with van der Waals surface area (Å²) in [7, 11) is 1.54. The molecular weight excluding hydrogens is 1630 g/mol. The van der Waals surface area contributed by atoms with E-state index in [1.165, 1.54) is 76.2 Å². The van der Waals surface area contributed by atoms with Crippen molar-refractivity contribution in [3.8, 4) is 78.8 Å². The van der Waals surface area contributed by atoms with Gasteiger partial charge in [-0.15, -0.1) is 0 Å². The van der Waals surface area contributed by atoms with Gasteiger partial charge in [0.1, 0.15) is 40.6 Å². The number of hydrogen-bond acceptors (Lipinski definition) is 31. The van der Waals surface area contributed by atoms with E-state index in [4.69, 9.17) is 88.8 Å². The molecule has 0 spiro atoms. The minimum Gasteiger partial charge on any atom is -0.480 e. The number of Topliss-reactive ketones (excluding diaryl/α,β-unsaturated/α-hetero) is 3. The average molecular weight is 1720 g/mol. The number of nitrogens with zero attached hydrogens (tertiary/aromatic N) is 10. The van der Waals surface area contributed by atoms with Gasteiger partial charge in [-0.05, 0) is 94.3 Å². The van der Waals surface area contributed by atoms with Gasteiger partial charge in [-0.1, -0.05) is 124 Å². The third-order valence-corrected chi connectivity index (χ3v) is 18.7. The molecule has 126 heavy (non-hydrogen) atoms. The number of nitrogens with one attached hydrogen (secondary N) is 2. The maximum atomic E-state index is 13.6. The van der Waals surface area contributed by atoms with Gasteiger partial charge in [0.05, 0.1) is 47.9 Å². The Kier molecular flexibility index (Phi) is 35.0.